The van der Waals surface area contributed by atoms with Gasteiger partial charge in [0.05, 0.1) is 19.8 Å². The Kier molecular flexibility index (Phi) is 20.5. The van der Waals surface area contributed by atoms with Crippen molar-refractivity contribution in [2.75, 3.05) is 39.6 Å². The fourth-order valence-electron chi connectivity index (χ4n) is 2.56. The number of aliphatic hydroxyl groups excluding tert-OH is 1. The SMILES string of the molecule is O=CCOCCCCCC(=O)CCCCCC/C=C/C(=O)NCCOCCO. The average molecular weight is 400 g/mol. The molecular formula is C21H37NO6. The van der Waals surface area contributed by atoms with Crippen molar-refractivity contribution >= 4 is 18.0 Å². The van der Waals surface area contributed by atoms with Gasteiger partial charge < -0.3 is 24.7 Å². The van der Waals surface area contributed by atoms with Gasteiger partial charge in [0.2, 0.25) is 5.91 Å². The van der Waals surface area contributed by atoms with Gasteiger partial charge >= 0.3 is 0 Å². The number of rotatable bonds is 21. The highest BCUT2D eigenvalue weighted by atomic mass is 16.5. The van der Waals surface area contributed by atoms with E-state index in [2.05, 4.69) is 5.32 Å². The number of Topliss-reactive ketones (excluding diaryl/α,β-unsaturated/α-hetero) is 1. The van der Waals surface area contributed by atoms with E-state index in [9.17, 15) is 14.4 Å². The molecule has 162 valence electrons. The zero-order valence-electron chi connectivity index (χ0n) is 17.0. The minimum Gasteiger partial charge on any atom is -0.394 e. The Morgan fingerprint density at radius 2 is 1.57 bits per heavy atom. The van der Waals surface area contributed by atoms with E-state index in [0.29, 0.717) is 38.4 Å². The Morgan fingerprint density at radius 1 is 0.857 bits per heavy atom. The molecule has 0 spiro atoms. The molecule has 0 aromatic carbocycles. The lowest BCUT2D eigenvalue weighted by Crippen LogP contribution is -2.25. The Bertz CT molecular complexity index is 425. The lowest BCUT2D eigenvalue weighted by Gasteiger charge is -2.03. The number of amides is 1. The van der Waals surface area contributed by atoms with E-state index in [4.69, 9.17) is 14.6 Å². The molecule has 28 heavy (non-hydrogen) atoms. The first-order chi connectivity index (χ1) is 13.7. The molecule has 0 aliphatic heterocycles. The molecule has 0 radical (unpaired) electrons. The molecule has 0 atom stereocenters. The van der Waals surface area contributed by atoms with Gasteiger partial charge in [-0.25, -0.2) is 0 Å². The maximum Gasteiger partial charge on any atom is 0.243 e. The second-order valence-corrected chi connectivity index (χ2v) is 6.57. The summed E-state index contributed by atoms with van der Waals surface area (Å²) in [7, 11) is 0. The van der Waals surface area contributed by atoms with Gasteiger partial charge in [0.15, 0.2) is 0 Å². The van der Waals surface area contributed by atoms with Crippen molar-refractivity contribution in [3.8, 4) is 0 Å². The van der Waals surface area contributed by atoms with E-state index in [1.165, 1.54) is 0 Å². The van der Waals surface area contributed by atoms with Crippen molar-refractivity contribution in [1.82, 2.24) is 5.32 Å². The molecule has 0 heterocycles. The third-order valence-corrected chi connectivity index (χ3v) is 4.06. The third-order valence-electron chi connectivity index (χ3n) is 4.06. The molecule has 7 nitrogen and oxygen atoms in total. The first-order valence-electron chi connectivity index (χ1n) is 10.4. The van der Waals surface area contributed by atoms with E-state index < -0.39 is 0 Å². The fourth-order valence-corrected chi connectivity index (χ4v) is 2.56. The van der Waals surface area contributed by atoms with E-state index in [1.807, 2.05) is 6.08 Å². The molecule has 1 amide bonds. The number of hydrogen-bond donors (Lipinski definition) is 2. The molecule has 0 saturated heterocycles. The van der Waals surface area contributed by atoms with Gasteiger partial charge in [-0.15, -0.1) is 0 Å². The summed E-state index contributed by atoms with van der Waals surface area (Å²) in [5, 5.41) is 11.3. The molecule has 2 N–H and O–H groups in total. The van der Waals surface area contributed by atoms with Crippen LogP contribution in [0.4, 0.5) is 0 Å². The predicted octanol–water partition coefficient (Wildman–Crippen LogP) is 2.35. The van der Waals surface area contributed by atoms with Crippen molar-refractivity contribution in [2.45, 2.75) is 64.2 Å². The summed E-state index contributed by atoms with van der Waals surface area (Å²) in [6.45, 7) is 1.85. The van der Waals surface area contributed by atoms with E-state index in [1.54, 1.807) is 6.08 Å². The van der Waals surface area contributed by atoms with Crippen LogP contribution in [-0.4, -0.2) is 62.7 Å². The highest BCUT2D eigenvalue weighted by molar-refractivity contribution is 5.87. The van der Waals surface area contributed by atoms with Crippen molar-refractivity contribution in [2.24, 2.45) is 0 Å². The molecule has 7 heteroatoms. The number of ether oxygens (including phenoxy) is 2. The summed E-state index contributed by atoms with van der Waals surface area (Å²) in [6.07, 6.45) is 13.1. The quantitative estimate of drug-likeness (QED) is 0.175. The Balaban J connectivity index is 3.36. The minimum absolute atomic E-state index is 0.0118. The van der Waals surface area contributed by atoms with Crippen LogP contribution in [0.1, 0.15) is 64.2 Å². The van der Waals surface area contributed by atoms with Crippen molar-refractivity contribution in [3.63, 3.8) is 0 Å². The maximum atomic E-state index is 11.8. The molecule has 0 saturated carbocycles. The van der Waals surface area contributed by atoms with Crippen molar-refractivity contribution in [3.05, 3.63) is 12.2 Å². The predicted molar refractivity (Wildman–Crippen MR) is 108 cm³/mol. The van der Waals surface area contributed by atoms with Gasteiger partial charge in [-0.05, 0) is 38.2 Å². The summed E-state index contributed by atoms with van der Waals surface area (Å²) in [5.74, 6) is 0.196. The van der Waals surface area contributed by atoms with Gasteiger partial charge in [-0.1, -0.05) is 25.3 Å². The summed E-state index contributed by atoms with van der Waals surface area (Å²) in [5.41, 5.74) is 0. The second kappa shape index (κ2) is 21.7. The summed E-state index contributed by atoms with van der Waals surface area (Å²) in [6, 6.07) is 0. The zero-order chi connectivity index (χ0) is 20.7. The largest absolute Gasteiger partial charge is 0.394 e. The molecule has 0 aromatic heterocycles. The number of allylic oxidation sites excluding steroid dienone is 1. The molecule has 0 rings (SSSR count). The van der Waals surface area contributed by atoms with Gasteiger partial charge in [-0.2, -0.15) is 0 Å². The third kappa shape index (κ3) is 20.7. The monoisotopic (exact) mass is 399 g/mol. The summed E-state index contributed by atoms with van der Waals surface area (Å²) >= 11 is 0. The number of carbonyl (C=O) groups is 3. The number of aliphatic hydroxyl groups is 1. The lowest BCUT2D eigenvalue weighted by molar-refractivity contribution is -0.119. The smallest absolute Gasteiger partial charge is 0.243 e. The topological polar surface area (TPSA) is 102 Å². The van der Waals surface area contributed by atoms with Crippen LogP contribution >= 0.6 is 0 Å². The van der Waals surface area contributed by atoms with E-state index >= 15 is 0 Å². The molecule has 0 bridgehead atoms. The van der Waals surface area contributed by atoms with Crippen LogP contribution in [0.25, 0.3) is 0 Å². The number of unbranched alkanes of at least 4 members (excludes halogenated alkanes) is 6. The normalized spacial score (nSPS) is 11.0. The number of carbonyl (C=O) groups excluding carboxylic acids is 3. The number of nitrogens with one attached hydrogen (secondary N) is 1. The first-order valence-corrected chi connectivity index (χ1v) is 10.4. The zero-order valence-corrected chi connectivity index (χ0v) is 17.0. The highest BCUT2D eigenvalue weighted by Crippen LogP contribution is 2.09. The number of hydrogen-bond acceptors (Lipinski definition) is 6. The molecule has 0 fully saturated rings. The Morgan fingerprint density at radius 3 is 2.29 bits per heavy atom. The van der Waals surface area contributed by atoms with Gasteiger partial charge in [0.25, 0.3) is 0 Å². The van der Waals surface area contributed by atoms with Crippen LogP contribution in [0.3, 0.4) is 0 Å². The molecule has 0 aliphatic rings. The van der Waals surface area contributed by atoms with Crippen LogP contribution in [0, 0.1) is 0 Å². The summed E-state index contributed by atoms with van der Waals surface area (Å²) in [4.78, 5) is 33.3. The highest BCUT2D eigenvalue weighted by Gasteiger charge is 2.02. The second-order valence-electron chi connectivity index (χ2n) is 6.57. The number of ketones is 1. The van der Waals surface area contributed by atoms with Crippen LogP contribution in [0.5, 0.6) is 0 Å². The Hall–Kier alpha value is -1.57. The Labute approximate surface area is 168 Å². The van der Waals surface area contributed by atoms with E-state index in [0.717, 1.165) is 57.7 Å². The van der Waals surface area contributed by atoms with Gasteiger partial charge in [0, 0.05) is 26.0 Å². The minimum atomic E-state index is -0.131. The maximum absolute atomic E-state index is 11.8. The summed E-state index contributed by atoms with van der Waals surface area (Å²) < 4.78 is 10.1. The van der Waals surface area contributed by atoms with Gasteiger partial charge in [-0.3, -0.25) is 9.59 Å². The van der Waals surface area contributed by atoms with Crippen LogP contribution in [0.2, 0.25) is 0 Å². The standard InChI is InChI=1S/C21H37NO6/c23-14-18-27-16-9-5-7-11-20(25)10-6-3-1-2-4-8-12-21(26)22-13-17-28-19-15-24/h8,12,14,24H,1-7,9-11,13,15-19H2,(H,22,26)/b12-8+. The van der Waals surface area contributed by atoms with Crippen LogP contribution in [-0.2, 0) is 23.9 Å². The van der Waals surface area contributed by atoms with Crippen LogP contribution in [0.15, 0.2) is 12.2 Å². The fraction of sp³-hybridized carbons (Fsp3) is 0.762. The van der Waals surface area contributed by atoms with Crippen molar-refractivity contribution < 1.29 is 29.0 Å². The lowest BCUT2D eigenvalue weighted by atomic mass is 10.0. The molecule has 0 aromatic rings. The van der Waals surface area contributed by atoms with E-state index in [-0.39, 0.29) is 25.7 Å². The molecule has 0 unspecified atom stereocenters. The number of aldehydes is 1. The first kappa shape index (κ1) is 26.4. The van der Waals surface area contributed by atoms with Crippen molar-refractivity contribution in [1.29, 1.82) is 0 Å². The van der Waals surface area contributed by atoms with Crippen LogP contribution < -0.4 is 5.32 Å². The molecule has 0 aliphatic carbocycles. The average Bonchev–Trinajstić information content (AvgIpc) is 2.69. The molecular weight excluding hydrogens is 362 g/mol. The van der Waals surface area contributed by atoms with Gasteiger partial charge in [0.1, 0.15) is 18.7 Å².